The largest absolute Gasteiger partial charge is 0.496 e. The number of hydrogen-bond donors (Lipinski definition) is 1. The summed E-state index contributed by atoms with van der Waals surface area (Å²) in [4.78, 5) is 14.0. The van der Waals surface area contributed by atoms with Crippen molar-refractivity contribution < 1.29 is 17.9 Å². The smallest absolute Gasteiger partial charge is 0.241 e. The molecule has 156 valence electrons. The van der Waals surface area contributed by atoms with Gasteiger partial charge in [-0.1, -0.05) is 26.0 Å². The zero-order valence-corrected chi connectivity index (χ0v) is 18.2. The Hall–Kier alpha value is -2.38. The van der Waals surface area contributed by atoms with Gasteiger partial charge in [-0.25, -0.2) is 13.1 Å². The molecule has 1 amide bonds. The van der Waals surface area contributed by atoms with Crippen LogP contribution < -0.4 is 14.4 Å². The van der Waals surface area contributed by atoms with Crippen molar-refractivity contribution in [3.63, 3.8) is 0 Å². The van der Waals surface area contributed by atoms with Crippen molar-refractivity contribution in [2.45, 2.75) is 51.0 Å². The second-order valence-corrected chi connectivity index (χ2v) is 8.96. The first-order valence-corrected chi connectivity index (χ1v) is 11.4. The molecule has 0 unspecified atom stereocenters. The molecule has 29 heavy (non-hydrogen) atoms. The summed E-state index contributed by atoms with van der Waals surface area (Å²) in [5.74, 6) is 0.828. The van der Waals surface area contributed by atoms with E-state index in [1.165, 1.54) is 0 Å². The number of carbonyl (C=O) groups excluding carboxylic acids is 1. The topological polar surface area (TPSA) is 75.7 Å². The Balaban J connectivity index is 1.85. The van der Waals surface area contributed by atoms with Crippen LogP contribution in [0.15, 0.2) is 41.3 Å². The summed E-state index contributed by atoms with van der Waals surface area (Å²) in [5.41, 5.74) is 3.56. The van der Waals surface area contributed by atoms with Gasteiger partial charge in [0.1, 0.15) is 5.75 Å². The average Bonchev–Trinajstić information content (AvgIpc) is 3.14. The molecule has 3 rings (SSSR count). The highest BCUT2D eigenvalue weighted by Crippen LogP contribution is 2.31. The van der Waals surface area contributed by atoms with Gasteiger partial charge in [0.05, 0.1) is 12.0 Å². The molecule has 2 aromatic carbocycles. The minimum atomic E-state index is -3.70. The minimum absolute atomic E-state index is 0.0541. The van der Waals surface area contributed by atoms with Crippen molar-refractivity contribution in [3.05, 3.63) is 53.1 Å². The van der Waals surface area contributed by atoms with E-state index in [0.717, 1.165) is 28.1 Å². The lowest BCUT2D eigenvalue weighted by molar-refractivity contribution is -0.118. The normalized spacial score (nSPS) is 14.6. The molecule has 0 fully saturated rings. The number of nitrogens with zero attached hydrogens (tertiary/aromatic N) is 1. The van der Waals surface area contributed by atoms with Crippen LogP contribution >= 0.6 is 0 Å². The predicted octanol–water partition coefficient (Wildman–Crippen LogP) is 3.73. The quantitative estimate of drug-likeness (QED) is 0.746. The lowest BCUT2D eigenvalue weighted by Gasteiger charge is -2.20. The second-order valence-electron chi connectivity index (χ2n) is 7.25. The first-order valence-electron chi connectivity index (χ1n) is 9.90. The molecule has 2 aromatic rings. The van der Waals surface area contributed by atoms with E-state index in [1.54, 1.807) is 30.2 Å². The number of amides is 1. The standard InChI is InChI=1S/C22H28N2O4S/c1-5-19(16-7-10-21(28-4)15(3)13-16)23-29(26,27)18-8-9-20-17(14-18)11-12-24(20)22(25)6-2/h7-10,13-14,19,23H,5-6,11-12H2,1-4H3/t19-/m0/s1. The van der Waals surface area contributed by atoms with Gasteiger partial charge in [-0.15, -0.1) is 0 Å². The van der Waals surface area contributed by atoms with Crippen molar-refractivity contribution >= 4 is 21.6 Å². The number of fused-ring (bicyclic) bond motifs is 1. The number of carbonyl (C=O) groups is 1. The maximum absolute atomic E-state index is 13.0. The van der Waals surface area contributed by atoms with Gasteiger partial charge in [-0.2, -0.15) is 0 Å². The van der Waals surface area contributed by atoms with Crippen molar-refractivity contribution in [2.75, 3.05) is 18.6 Å². The number of anilines is 1. The Morgan fingerprint density at radius 1 is 1.21 bits per heavy atom. The van der Waals surface area contributed by atoms with Gasteiger partial charge < -0.3 is 9.64 Å². The molecule has 1 aliphatic rings. The molecular weight excluding hydrogens is 388 g/mol. The Morgan fingerprint density at radius 3 is 2.59 bits per heavy atom. The zero-order chi connectivity index (χ0) is 21.2. The van der Waals surface area contributed by atoms with Crippen LogP contribution in [0.3, 0.4) is 0 Å². The van der Waals surface area contributed by atoms with Gasteiger partial charge in [0.2, 0.25) is 15.9 Å². The number of ether oxygens (including phenoxy) is 1. The molecular formula is C22H28N2O4S. The van der Waals surface area contributed by atoms with Crippen LogP contribution in [0.1, 0.15) is 49.4 Å². The van der Waals surface area contributed by atoms with Crippen LogP contribution in [0, 0.1) is 6.92 Å². The molecule has 0 radical (unpaired) electrons. The molecule has 0 aliphatic carbocycles. The number of methoxy groups -OCH3 is 1. The van der Waals surface area contributed by atoms with Crippen molar-refractivity contribution in [2.24, 2.45) is 0 Å². The summed E-state index contributed by atoms with van der Waals surface area (Å²) in [6.07, 6.45) is 1.72. The first-order chi connectivity index (χ1) is 13.8. The zero-order valence-electron chi connectivity index (χ0n) is 17.4. The molecule has 0 saturated carbocycles. The van der Waals surface area contributed by atoms with Gasteiger partial charge in [0, 0.05) is 24.7 Å². The SMILES string of the molecule is CCC(=O)N1CCc2cc(S(=O)(=O)N[C@@H](CC)c3ccc(OC)c(C)c3)ccc21. The van der Waals surface area contributed by atoms with Crippen molar-refractivity contribution in [1.29, 1.82) is 0 Å². The van der Waals surface area contributed by atoms with Gasteiger partial charge in [0.25, 0.3) is 0 Å². The van der Waals surface area contributed by atoms with E-state index in [9.17, 15) is 13.2 Å². The first kappa shape index (κ1) is 21.3. The molecule has 0 aromatic heterocycles. The van der Waals surface area contributed by atoms with E-state index in [-0.39, 0.29) is 16.8 Å². The fourth-order valence-electron chi connectivity index (χ4n) is 3.76. The van der Waals surface area contributed by atoms with Crippen LogP contribution in [0.25, 0.3) is 0 Å². The van der Waals surface area contributed by atoms with Crippen LogP contribution in [-0.2, 0) is 21.2 Å². The highest BCUT2D eigenvalue weighted by Gasteiger charge is 2.27. The predicted molar refractivity (Wildman–Crippen MR) is 114 cm³/mol. The highest BCUT2D eigenvalue weighted by molar-refractivity contribution is 7.89. The molecule has 1 N–H and O–H groups in total. The minimum Gasteiger partial charge on any atom is -0.496 e. The number of rotatable bonds is 7. The molecule has 0 saturated heterocycles. The summed E-state index contributed by atoms with van der Waals surface area (Å²) >= 11 is 0. The molecule has 1 atom stereocenters. The van der Waals surface area contributed by atoms with Gasteiger partial charge in [-0.05, 0) is 60.7 Å². The summed E-state index contributed by atoms with van der Waals surface area (Å²) in [6.45, 7) is 6.31. The number of hydrogen-bond acceptors (Lipinski definition) is 4. The third-order valence-corrected chi connectivity index (χ3v) is 6.86. The summed E-state index contributed by atoms with van der Waals surface area (Å²) < 4.78 is 34.2. The Labute approximate surface area is 172 Å². The van der Waals surface area contributed by atoms with E-state index in [4.69, 9.17) is 4.74 Å². The van der Waals surface area contributed by atoms with E-state index < -0.39 is 10.0 Å². The van der Waals surface area contributed by atoms with Crippen LogP contribution in [0.4, 0.5) is 5.69 Å². The van der Waals surface area contributed by atoms with Crippen molar-refractivity contribution in [3.8, 4) is 5.75 Å². The van der Waals surface area contributed by atoms with Crippen molar-refractivity contribution in [1.82, 2.24) is 4.72 Å². The second kappa shape index (κ2) is 8.55. The van der Waals surface area contributed by atoms with E-state index in [1.807, 2.05) is 39.0 Å². The number of sulfonamides is 1. The summed E-state index contributed by atoms with van der Waals surface area (Å²) in [6, 6.07) is 10.4. The molecule has 1 aliphatic heterocycles. The molecule has 1 heterocycles. The van der Waals surface area contributed by atoms with E-state index >= 15 is 0 Å². The summed E-state index contributed by atoms with van der Waals surface area (Å²) in [5, 5.41) is 0. The number of benzene rings is 2. The lowest BCUT2D eigenvalue weighted by Crippen LogP contribution is -2.29. The maximum Gasteiger partial charge on any atom is 0.241 e. The van der Waals surface area contributed by atoms with Gasteiger partial charge in [-0.3, -0.25) is 4.79 Å². The highest BCUT2D eigenvalue weighted by atomic mass is 32.2. The molecule has 0 spiro atoms. The van der Waals surface area contributed by atoms with E-state index in [2.05, 4.69) is 4.72 Å². The maximum atomic E-state index is 13.0. The Kier molecular flexibility index (Phi) is 6.29. The van der Waals surface area contributed by atoms with Crippen LogP contribution in [0.2, 0.25) is 0 Å². The molecule has 7 heteroatoms. The fourth-order valence-corrected chi connectivity index (χ4v) is 5.11. The van der Waals surface area contributed by atoms with Crippen LogP contribution in [-0.4, -0.2) is 28.0 Å². The monoisotopic (exact) mass is 416 g/mol. The third kappa shape index (κ3) is 4.31. The molecule has 6 nitrogen and oxygen atoms in total. The number of aryl methyl sites for hydroxylation is 1. The van der Waals surface area contributed by atoms with Gasteiger partial charge in [0.15, 0.2) is 0 Å². The summed E-state index contributed by atoms with van der Waals surface area (Å²) in [7, 11) is -2.08. The van der Waals surface area contributed by atoms with Gasteiger partial charge >= 0.3 is 0 Å². The fraction of sp³-hybridized carbons (Fsp3) is 0.409. The number of nitrogens with one attached hydrogen (secondary N) is 1. The average molecular weight is 417 g/mol. The Bertz CT molecular complexity index is 1020. The third-order valence-electron chi connectivity index (χ3n) is 5.39. The van der Waals surface area contributed by atoms with E-state index in [0.29, 0.717) is 25.8 Å². The van der Waals surface area contributed by atoms with Crippen LogP contribution in [0.5, 0.6) is 5.75 Å². The molecule has 0 bridgehead atoms. The lowest BCUT2D eigenvalue weighted by atomic mass is 10.0. The Morgan fingerprint density at radius 2 is 1.97 bits per heavy atom.